The van der Waals surface area contributed by atoms with Gasteiger partial charge in [0.25, 0.3) is 0 Å². The van der Waals surface area contributed by atoms with E-state index in [0.717, 1.165) is 0 Å². The van der Waals surface area contributed by atoms with Gasteiger partial charge in [-0.15, -0.1) is 0 Å². The predicted octanol–water partition coefficient (Wildman–Crippen LogP) is 0.602. The lowest BCUT2D eigenvalue weighted by molar-refractivity contribution is -0.149. The van der Waals surface area contributed by atoms with Gasteiger partial charge in [0.1, 0.15) is 12.2 Å². The first-order chi connectivity index (χ1) is 10.1. The van der Waals surface area contributed by atoms with Gasteiger partial charge in [-0.05, 0) is 27.7 Å². The summed E-state index contributed by atoms with van der Waals surface area (Å²) in [5.41, 5.74) is -0.679. The zero-order chi connectivity index (χ0) is 16.9. The SMILES string of the molecule is C[C@H]1CN(C[C@H](CC(=O)O)NC(=O)OC(C)(C)C)C(=O)CO1. The number of rotatable bonds is 5. The van der Waals surface area contributed by atoms with E-state index in [-0.39, 0.29) is 31.6 Å². The van der Waals surface area contributed by atoms with E-state index >= 15 is 0 Å². The first-order valence-electron chi connectivity index (χ1n) is 7.17. The molecule has 0 aliphatic carbocycles. The van der Waals surface area contributed by atoms with E-state index < -0.39 is 23.7 Å². The molecule has 1 fully saturated rings. The minimum atomic E-state index is -1.06. The van der Waals surface area contributed by atoms with Gasteiger partial charge in [-0.3, -0.25) is 9.59 Å². The summed E-state index contributed by atoms with van der Waals surface area (Å²) in [7, 11) is 0. The van der Waals surface area contributed by atoms with E-state index in [9.17, 15) is 14.4 Å². The largest absolute Gasteiger partial charge is 0.481 e. The molecule has 0 spiro atoms. The van der Waals surface area contributed by atoms with Crippen molar-refractivity contribution in [3.05, 3.63) is 0 Å². The van der Waals surface area contributed by atoms with E-state index in [1.807, 2.05) is 6.92 Å². The number of carboxylic acids is 1. The molecule has 0 unspecified atom stereocenters. The third-order valence-corrected chi connectivity index (χ3v) is 2.90. The van der Waals surface area contributed by atoms with Gasteiger partial charge < -0.3 is 24.8 Å². The normalized spacial score (nSPS) is 20.5. The maximum Gasteiger partial charge on any atom is 0.407 e. The van der Waals surface area contributed by atoms with Crippen LogP contribution < -0.4 is 5.32 Å². The number of carbonyl (C=O) groups is 3. The number of aliphatic carboxylic acids is 1. The van der Waals surface area contributed by atoms with Crippen LogP contribution in [0.4, 0.5) is 4.79 Å². The quantitative estimate of drug-likeness (QED) is 0.769. The number of nitrogens with zero attached hydrogens (tertiary/aromatic N) is 1. The molecule has 0 aromatic carbocycles. The van der Waals surface area contributed by atoms with Crippen LogP contribution in [0, 0.1) is 0 Å². The molecule has 22 heavy (non-hydrogen) atoms. The molecule has 0 bridgehead atoms. The number of alkyl carbamates (subject to hydrolysis) is 1. The van der Waals surface area contributed by atoms with E-state index in [1.54, 1.807) is 20.8 Å². The Hall–Kier alpha value is -1.83. The number of amides is 2. The van der Waals surface area contributed by atoms with E-state index in [1.165, 1.54) is 4.90 Å². The lowest BCUT2D eigenvalue weighted by Gasteiger charge is -2.33. The molecule has 0 aromatic rings. The van der Waals surface area contributed by atoms with E-state index in [2.05, 4.69) is 5.32 Å². The number of carboxylic acid groups (broad SMARTS) is 1. The highest BCUT2D eigenvalue weighted by Crippen LogP contribution is 2.10. The van der Waals surface area contributed by atoms with Crippen molar-refractivity contribution in [1.82, 2.24) is 10.2 Å². The van der Waals surface area contributed by atoms with E-state index in [0.29, 0.717) is 6.54 Å². The summed E-state index contributed by atoms with van der Waals surface area (Å²) in [5, 5.41) is 11.5. The van der Waals surface area contributed by atoms with Crippen molar-refractivity contribution in [2.24, 2.45) is 0 Å². The third-order valence-electron chi connectivity index (χ3n) is 2.90. The van der Waals surface area contributed by atoms with Crippen molar-refractivity contribution >= 4 is 18.0 Å². The molecule has 0 aromatic heterocycles. The average Bonchev–Trinajstić information content (AvgIpc) is 2.30. The Bertz CT molecular complexity index is 432. The monoisotopic (exact) mass is 316 g/mol. The number of ether oxygens (including phenoxy) is 2. The Morgan fingerprint density at radius 1 is 1.50 bits per heavy atom. The highest BCUT2D eigenvalue weighted by Gasteiger charge is 2.28. The lowest BCUT2D eigenvalue weighted by atomic mass is 10.1. The molecule has 1 aliphatic rings. The predicted molar refractivity (Wildman–Crippen MR) is 77.4 cm³/mol. The van der Waals surface area contributed by atoms with Crippen LogP contribution in [0.25, 0.3) is 0 Å². The topological polar surface area (TPSA) is 105 Å². The van der Waals surface area contributed by atoms with Crippen LogP contribution in [-0.4, -0.2) is 65.4 Å². The van der Waals surface area contributed by atoms with Crippen LogP contribution in [0.5, 0.6) is 0 Å². The second-order valence-electron chi connectivity index (χ2n) is 6.36. The van der Waals surface area contributed by atoms with Crippen LogP contribution >= 0.6 is 0 Å². The fourth-order valence-corrected chi connectivity index (χ4v) is 2.06. The molecule has 1 rings (SSSR count). The van der Waals surface area contributed by atoms with Crippen molar-refractivity contribution in [2.45, 2.75) is 51.9 Å². The molecule has 1 saturated heterocycles. The Balaban J connectivity index is 2.65. The fourth-order valence-electron chi connectivity index (χ4n) is 2.06. The molecule has 8 nitrogen and oxygen atoms in total. The molecule has 0 radical (unpaired) electrons. The third kappa shape index (κ3) is 6.75. The zero-order valence-electron chi connectivity index (χ0n) is 13.4. The van der Waals surface area contributed by atoms with Gasteiger partial charge in [0.15, 0.2) is 0 Å². The van der Waals surface area contributed by atoms with Crippen molar-refractivity contribution in [3.8, 4) is 0 Å². The van der Waals surface area contributed by atoms with Gasteiger partial charge in [-0.1, -0.05) is 0 Å². The van der Waals surface area contributed by atoms with Gasteiger partial charge in [-0.25, -0.2) is 4.79 Å². The summed E-state index contributed by atoms with van der Waals surface area (Å²) < 4.78 is 10.3. The first-order valence-corrected chi connectivity index (χ1v) is 7.17. The summed E-state index contributed by atoms with van der Waals surface area (Å²) >= 11 is 0. The van der Waals surface area contributed by atoms with Crippen LogP contribution in [0.3, 0.4) is 0 Å². The molecule has 8 heteroatoms. The standard InChI is InChI=1S/C14H24N2O6/c1-9-6-16(11(17)8-21-9)7-10(5-12(18)19)15-13(20)22-14(2,3)4/h9-10H,5-8H2,1-4H3,(H,15,20)(H,18,19)/t9-,10-/m0/s1. The fraction of sp³-hybridized carbons (Fsp3) is 0.786. The molecule has 1 aliphatic heterocycles. The van der Waals surface area contributed by atoms with Gasteiger partial charge in [0, 0.05) is 13.1 Å². The zero-order valence-corrected chi connectivity index (χ0v) is 13.4. The number of hydrogen-bond acceptors (Lipinski definition) is 5. The molecule has 1 heterocycles. The summed E-state index contributed by atoms with van der Waals surface area (Å²) in [6, 6.07) is -0.721. The molecule has 2 amide bonds. The smallest absolute Gasteiger partial charge is 0.407 e. The molecular weight excluding hydrogens is 292 g/mol. The Morgan fingerprint density at radius 2 is 2.14 bits per heavy atom. The first kappa shape index (κ1) is 18.2. The minimum absolute atomic E-state index is 0.0343. The van der Waals surface area contributed by atoms with Gasteiger partial charge in [-0.2, -0.15) is 0 Å². The Kier molecular flexibility index (Phi) is 6.16. The summed E-state index contributed by atoms with van der Waals surface area (Å²) in [4.78, 5) is 36.0. The van der Waals surface area contributed by atoms with Gasteiger partial charge in [0.2, 0.25) is 5.91 Å². The Labute approximate surface area is 129 Å². The van der Waals surface area contributed by atoms with Crippen LogP contribution in [-0.2, 0) is 19.1 Å². The Morgan fingerprint density at radius 3 is 2.68 bits per heavy atom. The van der Waals surface area contributed by atoms with Crippen molar-refractivity contribution < 1.29 is 29.0 Å². The summed E-state index contributed by atoms with van der Waals surface area (Å²) in [6.07, 6.45) is -1.12. The maximum absolute atomic E-state index is 11.8. The molecule has 2 N–H and O–H groups in total. The highest BCUT2D eigenvalue weighted by molar-refractivity contribution is 5.78. The van der Waals surface area contributed by atoms with Crippen LogP contribution in [0.2, 0.25) is 0 Å². The summed E-state index contributed by atoms with van der Waals surface area (Å²) in [5.74, 6) is -1.28. The minimum Gasteiger partial charge on any atom is -0.481 e. The molecule has 126 valence electrons. The van der Waals surface area contributed by atoms with E-state index in [4.69, 9.17) is 14.6 Å². The average molecular weight is 316 g/mol. The second-order valence-corrected chi connectivity index (χ2v) is 6.36. The van der Waals surface area contributed by atoms with Crippen LogP contribution in [0.1, 0.15) is 34.1 Å². The van der Waals surface area contributed by atoms with Crippen molar-refractivity contribution in [1.29, 1.82) is 0 Å². The van der Waals surface area contributed by atoms with Crippen molar-refractivity contribution in [2.75, 3.05) is 19.7 Å². The second kappa shape index (κ2) is 7.44. The molecule has 2 atom stereocenters. The summed E-state index contributed by atoms with van der Waals surface area (Å²) in [6.45, 7) is 7.41. The highest BCUT2D eigenvalue weighted by atomic mass is 16.6. The number of hydrogen-bond donors (Lipinski definition) is 2. The number of nitrogens with one attached hydrogen (secondary N) is 1. The lowest BCUT2D eigenvalue weighted by Crippen LogP contribution is -2.52. The van der Waals surface area contributed by atoms with Crippen molar-refractivity contribution in [3.63, 3.8) is 0 Å². The maximum atomic E-state index is 11.8. The van der Waals surface area contributed by atoms with Gasteiger partial charge >= 0.3 is 12.1 Å². The molecular formula is C14H24N2O6. The number of morpholine rings is 1. The van der Waals surface area contributed by atoms with Gasteiger partial charge in [0.05, 0.1) is 18.6 Å². The van der Waals surface area contributed by atoms with Crippen LogP contribution in [0.15, 0.2) is 0 Å². The number of carbonyl (C=O) groups excluding carboxylic acids is 2. The molecule has 0 saturated carbocycles.